The van der Waals surface area contributed by atoms with Crippen LogP contribution < -0.4 is 11.3 Å². The standard InChI is InChI=1S/C7H14N2O2S/c8-9-7(10)5-12-4-6-2-1-3-11-6/h6H,1-5,8H2,(H,9,10). The van der Waals surface area contributed by atoms with Crippen LogP contribution in [0.15, 0.2) is 0 Å². The lowest BCUT2D eigenvalue weighted by Crippen LogP contribution is -2.31. The maximum atomic E-state index is 10.7. The molecule has 1 atom stereocenters. The van der Waals surface area contributed by atoms with Gasteiger partial charge in [-0.05, 0) is 12.8 Å². The molecule has 1 heterocycles. The van der Waals surface area contributed by atoms with Gasteiger partial charge in [-0.2, -0.15) is 0 Å². The zero-order chi connectivity index (χ0) is 8.81. The van der Waals surface area contributed by atoms with E-state index < -0.39 is 0 Å². The number of thioether (sulfide) groups is 1. The molecule has 0 saturated carbocycles. The van der Waals surface area contributed by atoms with E-state index in [2.05, 4.69) is 5.43 Å². The number of carbonyl (C=O) groups excluding carboxylic acids is 1. The number of hydrogen-bond acceptors (Lipinski definition) is 4. The van der Waals surface area contributed by atoms with E-state index >= 15 is 0 Å². The van der Waals surface area contributed by atoms with E-state index in [1.54, 1.807) is 11.8 Å². The summed E-state index contributed by atoms with van der Waals surface area (Å²) in [6.45, 7) is 0.869. The Kier molecular flexibility index (Phi) is 4.42. The second-order valence-corrected chi connectivity index (χ2v) is 3.75. The summed E-state index contributed by atoms with van der Waals surface area (Å²) in [5, 5.41) is 0. The quantitative estimate of drug-likeness (QED) is 0.369. The van der Waals surface area contributed by atoms with Crippen LogP contribution in [0.4, 0.5) is 0 Å². The second kappa shape index (κ2) is 5.40. The van der Waals surface area contributed by atoms with E-state index in [0.717, 1.165) is 25.2 Å². The predicted molar refractivity (Wildman–Crippen MR) is 48.6 cm³/mol. The minimum atomic E-state index is -0.127. The number of nitrogens with one attached hydrogen (secondary N) is 1. The Morgan fingerprint density at radius 1 is 1.75 bits per heavy atom. The van der Waals surface area contributed by atoms with Crippen molar-refractivity contribution in [3.63, 3.8) is 0 Å². The van der Waals surface area contributed by atoms with Gasteiger partial charge >= 0.3 is 0 Å². The molecule has 1 amide bonds. The summed E-state index contributed by atoms with van der Waals surface area (Å²) < 4.78 is 5.38. The molecule has 1 aliphatic rings. The van der Waals surface area contributed by atoms with Crippen LogP contribution in [0.25, 0.3) is 0 Å². The van der Waals surface area contributed by atoms with Crippen LogP contribution in [0.2, 0.25) is 0 Å². The molecule has 1 rings (SSSR count). The largest absolute Gasteiger partial charge is 0.377 e. The first kappa shape index (κ1) is 9.83. The van der Waals surface area contributed by atoms with Crippen LogP contribution in [-0.4, -0.2) is 30.1 Å². The summed E-state index contributed by atoms with van der Waals surface area (Å²) in [7, 11) is 0. The van der Waals surface area contributed by atoms with Gasteiger partial charge in [0.05, 0.1) is 11.9 Å². The van der Waals surface area contributed by atoms with Gasteiger partial charge < -0.3 is 4.74 Å². The van der Waals surface area contributed by atoms with Crippen molar-refractivity contribution in [2.24, 2.45) is 5.84 Å². The molecule has 0 aromatic carbocycles. The lowest BCUT2D eigenvalue weighted by molar-refractivity contribution is -0.118. The van der Waals surface area contributed by atoms with Gasteiger partial charge in [0.2, 0.25) is 5.91 Å². The average Bonchev–Trinajstić information content (AvgIpc) is 2.57. The van der Waals surface area contributed by atoms with Gasteiger partial charge in [-0.3, -0.25) is 10.2 Å². The number of rotatable bonds is 4. The van der Waals surface area contributed by atoms with Crippen molar-refractivity contribution >= 4 is 17.7 Å². The molecule has 1 aliphatic heterocycles. The van der Waals surface area contributed by atoms with E-state index in [9.17, 15) is 4.79 Å². The van der Waals surface area contributed by atoms with Gasteiger partial charge in [-0.1, -0.05) is 0 Å². The molecule has 0 aromatic heterocycles. The van der Waals surface area contributed by atoms with E-state index in [1.807, 2.05) is 0 Å². The third kappa shape index (κ3) is 3.42. The van der Waals surface area contributed by atoms with Crippen molar-refractivity contribution in [3.05, 3.63) is 0 Å². The topological polar surface area (TPSA) is 64.3 Å². The minimum Gasteiger partial charge on any atom is -0.377 e. The number of amides is 1. The number of carbonyl (C=O) groups is 1. The van der Waals surface area contributed by atoms with Crippen LogP contribution in [0, 0.1) is 0 Å². The first-order valence-corrected chi connectivity index (χ1v) is 5.17. The van der Waals surface area contributed by atoms with Crippen LogP contribution in [-0.2, 0) is 9.53 Å². The highest BCUT2D eigenvalue weighted by Gasteiger charge is 2.15. The van der Waals surface area contributed by atoms with E-state index in [0.29, 0.717) is 11.9 Å². The van der Waals surface area contributed by atoms with Crippen molar-refractivity contribution in [2.75, 3.05) is 18.1 Å². The van der Waals surface area contributed by atoms with Gasteiger partial charge in [-0.25, -0.2) is 5.84 Å². The third-order valence-electron chi connectivity index (χ3n) is 1.72. The van der Waals surface area contributed by atoms with Crippen molar-refractivity contribution < 1.29 is 9.53 Å². The molecule has 12 heavy (non-hydrogen) atoms. The van der Waals surface area contributed by atoms with Crippen molar-refractivity contribution in [1.82, 2.24) is 5.43 Å². The Balaban J connectivity index is 1.97. The van der Waals surface area contributed by atoms with Crippen LogP contribution in [0.5, 0.6) is 0 Å². The van der Waals surface area contributed by atoms with Gasteiger partial charge in [0.1, 0.15) is 0 Å². The Hall–Kier alpha value is -0.260. The lowest BCUT2D eigenvalue weighted by atomic mass is 10.3. The van der Waals surface area contributed by atoms with Crippen molar-refractivity contribution in [3.8, 4) is 0 Å². The zero-order valence-electron chi connectivity index (χ0n) is 6.91. The number of nitrogens with two attached hydrogens (primary N) is 1. The smallest absolute Gasteiger partial charge is 0.243 e. The molecule has 5 heteroatoms. The number of hydrogen-bond donors (Lipinski definition) is 2. The van der Waals surface area contributed by atoms with Crippen molar-refractivity contribution in [1.29, 1.82) is 0 Å². The molecule has 1 fully saturated rings. The summed E-state index contributed by atoms with van der Waals surface area (Å²) in [5.74, 6) is 6.12. The predicted octanol–water partition coefficient (Wildman–Crippen LogP) is -0.112. The Morgan fingerprint density at radius 3 is 3.17 bits per heavy atom. The number of hydrazine groups is 1. The highest BCUT2D eigenvalue weighted by atomic mass is 32.2. The van der Waals surface area contributed by atoms with E-state index in [-0.39, 0.29) is 5.91 Å². The zero-order valence-corrected chi connectivity index (χ0v) is 7.73. The molecule has 70 valence electrons. The van der Waals surface area contributed by atoms with Gasteiger partial charge in [-0.15, -0.1) is 11.8 Å². The van der Waals surface area contributed by atoms with E-state index in [4.69, 9.17) is 10.6 Å². The molecule has 1 unspecified atom stereocenters. The fourth-order valence-electron chi connectivity index (χ4n) is 1.10. The minimum absolute atomic E-state index is 0.127. The fourth-order valence-corrected chi connectivity index (χ4v) is 2.01. The lowest BCUT2D eigenvalue weighted by Gasteiger charge is -2.07. The summed E-state index contributed by atoms with van der Waals surface area (Å²) >= 11 is 1.57. The summed E-state index contributed by atoms with van der Waals surface area (Å²) in [4.78, 5) is 10.7. The number of ether oxygens (including phenoxy) is 1. The van der Waals surface area contributed by atoms with E-state index in [1.165, 1.54) is 0 Å². The van der Waals surface area contributed by atoms with Crippen LogP contribution in [0.3, 0.4) is 0 Å². The molecule has 3 N–H and O–H groups in total. The molecule has 1 saturated heterocycles. The third-order valence-corrected chi connectivity index (χ3v) is 2.80. The maximum Gasteiger partial charge on any atom is 0.243 e. The van der Waals surface area contributed by atoms with Crippen LogP contribution >= 0.6 is 11.8 Å². The Labute approximate surface area is 76.2 Å². The first-order chi connectivity index (χ1) is 5.83. The van der Waals surface area contributed by atoms with Crippen molar-refractivity contribution in [2.45, 2.75) is 18.9 Å². The fraction of sp³-hybridized carbons (Fsp3) is 0.857. The summed E-state index contributed by atoms with van der Waals surface area (Å²) in [6, 6.07) is 0. The SMILES string of the molecule is NNC(=O)CSCC1CCCO1. The monoisotopic (exact) mass is 190 g/mol. The Morgan fingerprint density at radius 2 is 2.58 bits per heavy atom. The average molecular weight is 190 g/mol. The molecule has 0 aliphatic carbocycles. The van der Waals surface area contributed by atoms with Gasteiger partial charge in [0.25, 0.3) is 0 Å². The highest BCUT2D eigenvalue weighted by molar-refractivity contribution is 7.99. The molecule has 4 nitrogen and oxygen atoms in total. The molecule has 0 radical (unpaired) electrons. The first-order valence-electron chi connectivity index (χ1n) is 4.01. The maximum absolute atomic E-state index is 10.7. The highest BCUT2D eigenvalue weighted by Crippen LogP contribution is 2.16. The normalized spacial score (nSPS) is 22.6. The van der Waals surface area contributed by atoms with Crippen LogP contribution in [0.1, 0.15) is 12.8 Å². The molecule has 0 spiro atoms. The molecular weight excluding hydrogens is 176 g/mol. The summed E-state index contributed by atoms with van der Waals surface area (Å²) in [5.41, 5.74) is 2.09. The molecule has 0 bridgehead atoms. The molecule has 0 aromatic rings. The molecular formula is C7H14N2O2S. The second-order valence-electron chi connectivity index (χ2n) is 2.72. The van der Waals surface area contributed by atoms with Gasteiger partial charge in [0.15, 0.2) is 0 Å². The summed E-state index contributed by atoms with van der Waals surface area (Å²) in [6.07, 6.45) is 2.62. The Bertz CT molecular complexity index is 148. The van der Waals surface area contributed by atoms with Gasteiger partial charge in [0, 0.05) is 12.4 Å².